The van der Waals surface area contributed by atoms with Crippen molar-refractivity contribution >= 4 is 55.0 Å². The van der Waals surface area contributed by atoms with Crippen LogP contribution in [0.3, 0.4) is 0 Å². The third-order valence-electron chi connectivity index (χ3n) is 3.04. The van der Waals surface area contributed by atoms with Gasteiger partial charge in [0.1, 0.15) is 10.1 Å². The number of halogens is 2. The zero-order valence-electron chi connectivity index (χ0n) is 11.4. The Morgan fingerprint density at radius 2 is 1.91 bits per heavy atom. The molecule has 1 aliphatic rings. The van der Waals surface area contributed by atoms with Crippen molar-refractivity contribution in [2.24, 2.45) is 5.10 Å². The van der Waals surface area contributed by atoms with Crippen molar-refractivity contribution in [3.63, 3.8) is 0 Å². The first-order valence-corrected chi connectivity index (χ1v) is 8.48. The highest BCUT2D eigenvalue weighted by Crippen LogP contribution is 2.31. The lowest BCUT2D eigenvalue weighted by molar-refractivity contribution is 0.279. The molecule has 0 aromatic heterocycles. The van der Waals surface area contributed by atoms with Crippen LogP contribution in [0.25, 0.3) is 10.8 Å². The largest absolute Gasteiger partial charge is 0.296 e. The first-order chi connectivity index (χ1) is 10.8. The summed E-state index contributed by atoms with van der Waals surface area (Å²) in [6, 6.07) is 9.96. The normalized spacial score (nSPS) is 15.0. The average Bonchev–Trinajstić information content (AvgIpc) is 2.45. The van der Waals surface area contributed by atoms with Gasteiger partial charge in [0.25, 0.3) is 10.1 Å². The fourth-order valence-corrected chi connectivity index (χ4v) is 3.21. The molecule has 7 nitrogen and oxygen atoms in total. The highest BCUT2D eigenvalue weighted by Gasteiger charge is 2.20. The summed E-state index contributed by atoms with van der Waals surface area (Å²) in [5.41, 5.74) is 5.52. The molecular formula is C13H10Cl2N4O3S. The monoisotopic (exact) mass is 372 g/mol. The minimum Gasteiger partial charge on any atom is -0.282 e. The van der Waals surface area contributed by atoms with Gasteiger partial charge in [-0.3, -0.25) is 15.4 Å². The number of allylic oxidation sites excluding steroid dienone is 1. The number of rotatable bonds is 3. The zero-order valence-corrected chi connectivity index (χ0v) is 13.7. The Labute approximate surface area is 141 Å². The molecule has 0 unspecified atom stereocenters. The molecule has 1 aliphatic heterocycles. The standard InChI is InChI=1S/C13H10Cl2N4O3S/c14-11-7-12(15)17-19(16-11)18-13-9-4-2-1-3-8(9)5-6-10(13)23(20,21)22/h1-7,16,18H,(H,20,21,22). The van der Waals surface area contributed by atoms with E-state index in [1.54, 1.807) is 24.3 Å². The van der Waals surface area contributed by atoms with Crippen LogP contribution in [0.4, 0.5) is 5.69 Å². The summed E-state index contributed by atoms with van der Waals surface area (Å²) in [5.74, 6) is 0. The molecule has 0 spiro atoms. The fourth-order valence-electron chi connectivity index (χ4n) is 2.13. The van der Waals surface area contributed by atoms with Gasteiger partial charge in [0.2, 0.25) is 0 Å². The van der Waals surface area contributed by atoms with E-state index in [4.69, 9.17) is 23.2 Å². The number of benzene rings is 2. The third kappa shape index (κ3) is 3.35. The molecule has 2 aromatic carbocycles. The number of hydrogen-bond donors (Lipinski definition) is 3. The molecule has 10 heteroatoms. The van der Waals surface area contributed by atoms with E-state index in [-0.39, 0.29) is 20.9 Å². The number of fused-ring (bicyclic) bond motifs is 1. The average molecular weight is 373 g/mol. The van der Waals surface area contributed by atoms with E-state index in [9.17, 15) is 13.0 Å². The van der Waals surface area contributed by atoms with Gasteiger partial charge in [-0.2, -0.15) is 8.42 Å². The van der Waals surface area contributed by atoms with Crippen LogP contribution < -0.4 is 10.9 Å². The second-order valence-corrected chi connectivity index (χ2v) is 6.77. The number of nitrogens with zero attached hydrogens (tertiary/aromatic N) is 2. The molecule has 0 aliphatic carbocycles. The third-order valence-corrected chi connectivity index (χ3v) is 4.31. The van der Waals surface area contributed by atoms with Crippen LogP contribution in [-0.4, -0.2) is 23.4 Å². The Kier molecular flexibility index (Phi) is 4.07. The molecule has 23 heavy (non-hydrogen) atoms. The molecule has 3 N–H and O–H groups in total. The van der Waals surface area contributed by atoms with Crippen molar-refractivity contribution < 1.29 is 13.0 Å². The van der Waals surface area contributed by atoms with Crippen molar-refractivity contribution in [3.8, 4) is 0 Å². The van der Waals surface area contributed by atoms with Crippen LogP contribution in [0, 0.1) is 0 Å². The smallest absolute Gasteiger partial charge is 0.282 e. The summed E-state index contributed by atoms with van der Waals surface area (Å²) in [7, 11) is -4.45. The maximum atomic E-state index is 11.6. The second kappa shape index (κ2) is 5.89. The van der Waals surface area contributed by atoms with Gasteiger partial charge >= 0.3 is 0 Å². The molecular weight excluding hydrogens is 363 g/mol. The lowest BCUT2D eigenvalue weighted by atomic mass is 10.1. The van der Waals surface area contributed by atoms with Crippen molar-refractivity contribution in [3.05, 3.63) is 47.6 Å². The summed E-state index contributed by atoms with van der Waals surface area (Å²) < 4.78 is 32.7. The van der Waals surface area contributed by atoms with Gasteiger partial charge in [-0.1, -0.05) is 53.5 Å². The molecule has 0 radical (unpaired) electrons. The Balaban J connectivity index is 2.13. The molecule has 0 atom stereocenters. The minimum absolute atomic E-state index is 0.0925. The van der Waals surface area contributed by atoms with Gasteiger partial charge in [-0.25, -0.2) is 0 Å². The van der Waals surface area contributed by atoms with Crippen LogP contribution >= 0.6 is 23.2 Å². The van der Waals surface area contributed by atoms with Gasteiger partial charge in [0.05, 0.1) is 5.69 Å². The van der Waals surface area contributed by atoms with E-state index >= 15 is 0 Å². The molecule has 1 heterocycles. The molecule has 0 amide bonds. The van der Waals surface area contributed by atoms with Crippen LogP contribution in [0.1, 0.15) is 0 Å². The van der Waals surface area contributed by atoms with Gasteiger partial charge in [-0.15, -0.1) is 10.3 Å². The predicted molar refractivity (Wildman–Crippen MR) is 89.6 cm³/mol. The highest BCUT2D eigenvalue weighted by atomic mass is 35.5. The molecule has 0 fully saturated rings. The van der Waals surface area contributed by atoms with E-state index in [0.29, 0.717) is 5.39 Å². The van der Waals surface area contributed by atoms with Crippen LogP contribution in [0.5, 0.6) is 0 Å². The number of nitrogens with one attached hydrogen (secondary N) is 2. The van der Waals surface area contributed by atoms with Crippen LogP contribution in [0.2, 0.25) is 0 Å². The highest BCUT2D eigenvalue weighted by molar-refractivity contribution is 7.86. The summed E-state index contributed by atoms with van der Waals surface area (Å²) in [6.07, 6.45) is 1.38. The van der Waals surface area contributed by atoms with E-state index in [2.05, 4.69) is 16.0 Å². The maximum Gasteiger partial charge on any atom is 0.296 e. The van der Waals surface area contributed by atoms with Crippen molar-refractivity contribution in [1.29, 1.82) is 0 Å². The summed E-state index contributed by atoms with van der Waals surface area (Å²) in [5, 5.41) is 6.59. The van der Waals surface area contributed by atoms with Gasteiger partial charge < -0.3 is 0 Å². The Morgan fingerprint density at radius 3 is 2.61 bits per heavy atom. The number of hydrogen-bond acceptors (Lipinski definition) is 6. The van der Waals surface area contributed by atoms with Crippen LogP contribution in [-0.2, 0) is 10.1 Å². The van der Waals surface area contributed by atoms with E-state index < -0.39 is 10.1 Å². The Hall–Kier alpha value is -2.00. The molecule has 0 saturated carbocycles. The number of hydrazone groups is 1. The topological polar surface area (TPSA) is 94.0 Å². The van der Waals surface area contributed by atoms with E-state index in [1.165, 1.54) is 12.1 Å². The maximum absolute atomic E-state index is 11.6. The lowest BCUT2D eigenvalue weighted by Crippen LogP contribution is -2.39. The predicted octanol–water partition coefficient (Wildman–Crippen LogP) is 2.87. The summed E-state index contributed by atoms with van der Waals surface area (Å²) >= 11 is 11.7. The van der Waals surface area contributed by atoms with Crippen molar-refractivity contribution in [2.45, 2.75) is 4.90 Å². The van der Waals surface area contributed by atoms with Gasteiger partial charge in [0, 0.05) is 11.5 Å². The molecule has 120 valence electrons. The summed E-state index contributed by atoms with van der Waals surface area (Å²) in [4.78, 5) is -0.296. The summed E-state index contributed by atoms with van der Waals surface area (Å²) in [6.45, 7) is 0. The SMILES string of the molecule is O=S(=O)(O)c1ccc2ccccc2c1NN1N=C(Cl)C=C(Cl)N1. The molecule has 0 bridgehead atoms. The van der Waals surface area contributed by atoms with Crippen molar-refractivity contribution in [1.82, 2.24) is 10.7 Å². The second-order valence-electron chi connectivity index (χ2n) is 4.59. The van der Waals surface area contributed by atoms with E-state index in [1.807, 2.05) is 6.07 Å². The van der Waals surface area contributed by atoms with Gasteiger partial charge in [0.15, 0.2) is 5.17 Å². The van der Waals surface area contributed by atoms with Crippen molar-refractivity contribution in [2.75, 3.05) is 5.43 Å². The zero-order chi connectivity index (χ0) is 16.6. The minimum atomic E-state index is -4.45. The number of hydrazine groups is 2. The Bertz CT molecular complexity index is 943. The molecule has 2 aromatic rings. The van der Waals surface area contributed by atoms with Crippen LogP contribution in [0.15, 0.2) is 57.6 Å². The van der Waals surface area contributed by atoms with Gasteiger partial charge in [-0.05, 0) is 11.5 Å². The lowest BCUT2D eigenvalue weighted by Gasteiger charge is -2.25. The molecule has 0 saturated heterocycles. The fraction of sp³-hybridized carbons (Fsp3) is 0. The number of anilines is 1. The quantitative estimate of drug-likeness (QED) is 0.566. The first-order valence-electron chi connectivity index (χ1n) is 6.28. The van der Waals surface area contributed by atoms with E-state index in [0.717, 1.165) is 10.6 Å². The first kappa shape index (κ1) is 15.9. The Morgan fingerprint density at radius 1 is 1.17 bits per heavy atom. The molecule has 3 rings (SSSR count).